The summed E-state index contributed by atoms with van der Waals surface area (Å²) in [6, 6.07) is 15.2. The summed E-state index contributed by atoms with van der Waals surface area (Å²) in [6.07, 6.45) is 0.479. The maximum absolute atomic E-state index is 13.6. The molecule has 0 saturated carbocycles. The number of aryl methyl sites for hydroxylation is 1. The van der Waals surface area contributed by atoms with Gasteiger partial charge >= 0.3 is 0 Å². The number of carbonyl (C=O) groups excluding carboxylic acids is 2. The van der Waals surface area contributed by atoms with E-state index in [0.29, 0.717) is 35.5 Å². The van der Waals surface area contributed by atoms with Crippen molar-refractivity contribution in [3.63, 3.8) is 0 Å². The van der Waals surface area contributed by atoms with E-state index in [4.69, 9.17) is 14.2 Å². The fourth-order valence-electron chi connectivity index (χ4n) is 4.28. The van der Waals surface area contributed by atoms with Gasteiger partial charge in [-0.2, -0.15) is 0 Å². The maximum atomic E-state index is 13.6. The van der Waals surface area contributed by atoms with Crippen LogP contribution in [0.25, 0.3) is 0 Å². The van der Waals surface area contributed by atoms with E-state index in [9.17, 15) is 26.4 Å². The average Bonchev–Trinajstić information content (AvgIpc) is 3.39. The first-order chi connectivity index (χ1) is 19.8. The van der Waals surface area contributed by atoms with Gasteiger partial charge in [0.05, 0.1) is 11.2 Å². The summed E-state index contributed by atoms with van der Waals surface area (Å²) in [5.74, 6) is -0.541. The molecule has 2 amide bonds. The SMILES string of the molecule is CCCc1cc(C(=O)NS(C)(=O)=O)ccc1OC(C(=O)NS(=O)(=O)c1ccc(C(C)C)cc1)c1ccc2c(c1)OCO2. The molecule has 1 atom stereocenters. The van der Waals surface area contributed by atoms with Crippen molar-refractivity contribution in [3.8, 4) is 17.2 Å². The van der Waals surface area contributed by atoms with Crippen molar-refractivity contribution in [2.75, 3.05) is 13.0 Å². The Morgan fingerprint density at radius 3 is 2.19 bits per heavy atom. The molecule has 4 rings (SSSR count). The summed E-state index contributed by atoms with van der Waals surface area (Å²) < 4.78 is 70.4. The molecule has 0 bridgehead atoms. The Morgan fingerprint density at radius 1 is 0.881 bits per heavy atom. The number of rotatable bonds is 11. The lowest BCUT2D eigenvalue weighted by molar-refractivity contribution is -0.126. The van der Waals surface area contributed by atoms with Crippen LogP contribution in [0.5, 0.6) is 17.2 Å². The van der Waals surface area contributed by atoms with Crippen molar-refractivity contribution in [1.82, 2.24) is 9.44 Å². The van der Waals surface area contributed by atoms with E-state index in [1.165, 1.54) is 36.4 Å². The molecular weight excluding hydrogens is 584 g/mol. The average molecular weight is 617 g/mol. The van der Waals surface area contributed by atoms with Crippen LogP contribution >= 0.6 is 0 Å². The van der Waals surface area contributed by atoms with Crippen LogP contribution < -0.4 is 23.7 Å². The first-order valence-corrected chi connectivity index (χ1v) is 16.5. The summed E-state index contributed by atoms with van der Waals surface area (Å²) in [5, 5.41) is 0. The smallest absolute Gasteiger partial charge is 0.279 e. The second-order valence-corrected chi connectivity index (χ2v) is 13.5. The number of benzene rings is 3. The largest absolute Gasteiger partial charge is 0.475 e. The van der Waals surface area contributed by atoms with Gasteiger partial charge in [-0.05, 0) is 65.9 Å². The molecule has 0 aromatic heterocycles. The highest BCUT2D eigenvalue weighted by atomic mass is 32.2. The van der Waals surface area contributed by atoms with Crippen molar-refractivity contribution in [2.24, 2.45) is 0 Å². The van der Waals surface area contributed by atoms with E-state index in [2.05, 4.69) is 4.72 Å². The number of carbonyl (C=O) groups is 2. The topological polar surface area (TPSA) is 154 Å². The zero-order valence-corrected chi connectivity index (χ0v) is 25.2. The molecule has 1 aliphatic heterocycles. The summed E-state index contributed by atoms with van der Waals surface area (Å²) in [4.78, 5) is 26.0. The van der Waals surface area contributed by atoms with Gasteiger partial charge in [-0.15, -0.1) is 0 Å². The zero-order chi connectivity index (χ0) is 30.7. The van der Waals surface area contributed by atoms with Crippen LogP contribution in [-0.4, -0.2) is 41.7 Å². The highest BCUT2D eigenvalue weighted by molar-refractivity contribution is 7.90. The van der Waals surface area contributed by atoms with Crippen LogP contribution in [0.15, 0.2) is 65.6 Å². The normalized spacial score (nSPS) is 13.5. The van der Waals surface area contributed by atoms with E-state index in [-0.39, 0.29) is 28.9 Å². The summed E-state index contributed by atoms with van der Waals surface area (Å²) in [7, 11) is -8.05. The monoisotopic (exact) mass is 616 g/mol. The van der Waals surface area contributed by atoms with Gasteiger partial charge in [0.2, 0.25) is 22.9 Å². The molecule has 0 spiro atoms. The molecule has 3 aromatic carbocycles. The Kier molecular flexibility index (Phi) is 9.12. The quantitative estimate of drug-likeness (QED) is 0.327. The molecule has 0 fully saturated rings. The molecule has 0 aliphatic carbocycles. The molecule has 11 nitrogen and oxygen atoms in total. The zero-order valence-electron chi connectivity index (χ0n) is 23.5. The number of amides is 2. The number of hydrogen-bond donors (Lipinski definition) is 2. The highest BCUT2D eigenvalue weighted by Gasteiger charge is 2.30. The molecule has 3 aromatic rings. The number of nitrogens with one attached hydrogen (secondary N) is 2. The highest BCUT2D eigenvalue weighted by Crippen LogP contribution is 2.36. The third kappa shape index (κ3) is 7.39. The Hall–Kier alpha value is -4.10. The molecule has 2 N–H and O–H groups in total. The van der Waals surface area contributed by atoms with E-state index >= 15 is 0 Å². The third-order valence-electron chi connectivity index (χ3n) is 6.39. The van der Waals surface area contributed by atoms with Crippen molar-refractivity contribution in [2.45, 2.75) is 50.5 Å². The molecule has 1 heterocycles. The minimum Gasteiger partial charge on any atom is -0.475 e. The van der Waals surface area contributed by atoms with Gasteiger partial charge in [-0.3, -0.25) is 9.59 Å². The minimum atomic E-state index is -4.26. The molecule has 1 unspecified atom stereocenters. The lowest BCUT2D eigenvalue weighted by Gasteiger charge is -2.22. The van der Waals surface area contributed by atoms with Crippen LogP contribution in [0.3, 0.4) is 0 Å². The van der Waals surface area contributed by atoms with Gasteiger partial charge in [-0.1, -0.05) is 45.4 Å². The third-order valence-corrected chi connectivity index (χ3v) is 8.31. The number of ether oxygens (including phenoxy) is 3. The van der Waals surface area contributed by atoms with Gasteiger partial charge < -0.3 is 14.2 Å². The molecule has 42 heavy (non-hydrogen) atoms. The fraction of sp³-hybridized carbons (Fsp3) is 0.310. The fourth-order valence-corrected chi connectivity index (χ4v) is 5.72. The molecular formula is C29H32N2O9S2. The van der Waals surface area contributed by atoms with Crippen LogP contribution in [0.1, 0.15) is 66.3 Å². The van der Waals surface area contributed by atoms with Crippen LogP contribution in [0.4, 0.5) is 0 Å². The Labute approximate surface area is 245 Å². The molecule has 1 aliphatic rings. The van der Waals surface area contributed by atoms with Crippen molar-refractivity contribution in [1.29, 1.82) is 0 Å². The van der Waals surface area contributed by atoms with E-state index in [1.807, 2.05) is 25.5 Å². The van der Waals surface area contributed by atoms with Crippen LogP contribution in [-0.2, 0) is 31.3 Å². The predicted molar refractivity (Wildman–Crippen MR) is 155 cm³/mol. The maximum Gasteiger partial charge on any atom is 0.279 e. The van der Waals surface area contributed by atoms with E-state index in [0.717, 1.165) is 11.8 Å². The number of sulfonamides is 2. The first kappa shape index (κ1) is 30.8. The lowest BCUT2D eigenvalue weighted by Crippen LogP contribution is -2.37. The summed E-state index contributed by atoms with van der Waals surface area (Å²) in [5.41, 5.74) is 1.83. The number of hydrogen-bond acceptors (Lipinski definition) is 9. The Bertz CT molecular complexity index is 1700. The summed E-state index contributed by atoms with van der Waals surface area (Å²) >= 11 is 0. The molecule has 224 valence electrons. The second-order valence-electron chi connectivity index (χ2n) is 10.1. The van der Waals surface area contributed by atoms with Gasteiger partial charge in [-0.25, -0.2) is 26.3 Å². The van der Waals surface area contributed by atoms with Crippen LogP contribution in [0, 0.1) is 0 Å². The van der Waals surface area contributed by atoms with Crippen molar-refractivity contribution in [3.05, 3.63) is 82.9 Å². The van der Waals surface area contributed by atoms with Gasteiger partial charge in [0, 0.05) is 11.1 Å². The molecule has 0 saturated heterocycles. The molecule has 13 heteroatoms. The van der Waals surface area contributed by atoms with Gasteiger partial charge in [0.15, 0.2) is 11.5 Å². The van der Waals surface area contributed by atoms with Gasteiger partial charge in [0.1, 0.15) is 5.75 Å². The standard InChI is InChI=1S/C29H32N2O9S2/c1-5-6-20-15-22(28(32)30-41(4,34)35)10-13-24(20)40-27(21-9-14-25-26(16-21)39-17-38-25)29(33)31-42(36,37)23-11-7-19(8-12-23)18(2)3/h7-16,18,27H,5-6,17H2,1-4H3,(H,30,32)(H,31,33). The predicted octanol–water partition coefficient (Wildman–Crippen LogP) is 3.81. The second kappa shape index (κ2) is 12.4. The van der Waals surface area contributed by atoms with Crippen molar-refractivity contribution < 1.29 is 40.6 Å². The lowest BCUT2D eigenvalue weighted by atomic mass is 10.0. The van der Waals surface area contributed by atoms with Crippen LogP contribution in [0.2, 0.25) is 0 Å². The number of fused-ring (bicyclic) bond motifs is 1. The first-order valence-electron chi connectivity index (χ1n) is 13.1. The van der Waals surface area contributed by atoms with Gasteiger partial charge in [0.25, 0.3) is 21.8 Å². The summed E-state index contributed by atoms with van der Waals surface area (Å²) in [6.45, 7) is 5.85. The van der Waals surface area contributed by atoms with E-state index < -0.39 is 38.0 Å². The van der Waals surface area contributed by atoms with Crippen molar-refractivity contribution >= 4 is 31.9 Å². The molecule has 0 radical (unpaired) electrons. The Balaban J connectivity index is 1.69. The van der Waals surface area contributed by atoms with E-state index in [1.54, 1.807) is 24.3 Å². The Morgan fingerprint density at radius 2 is 1.55 bits per heavy atom. The minimum absolute atomic E-state index is 0.00505.